The molecule has 1 atom stereocenters. The van der Waals surface area contributed by atoms with E-state index >= 15 is 0 Å². The van der Waals surface area contributed by atoms with Gasteiger partial charge in [0.15, 0.2) is 0 Å². The highest BCUT2D eigenvalue weighted by atomic mass is 16.5. The number of carbonyl (C=O) groups is 1. The van der Waals surface area contributed by atoms with Crippen LogP contribution in [0.3, 0.4) is 0 Å². The Morgan fingerprint density at radius 2 is 2.25 bits per heavy atom. The van der Waals surface area contributed by atoms with E-state index in [9.17, 15) is 9.59 Å². The van der Waals surface area contributed by atoms with Crippen LogP contribution >= 0.6 is 0 Å². The minimum absolute atomic E-state index is 0.119. The van der Waals surface area contributed by atoms with Crippen LogP contribution in [0.15, 0.2) is 16.9 Å². The van der Waals surface area contributed by atoms with Crippen LogP contribution in [-0.2, 0) is 4.74 Å². The normalized spacial score (nSPS) is 12.2. The van der Waals surface area contributed by atoms with E-state index in [2.05, 4.69) is 10.3 Å². The highest BCUT2D eigenvalue weighted by Gasteiger charge is 2.12. The van der Waals surface area contributed by atoms with Crippen LogP contribution in [-0.4, -0.2) is 30.6 Å². The van der Waals surface area contributed by atoms with E-state index in [1.54, 1.807) is 20.1 Å². The fourth-order valence-electron chi connectivity index (χ4n) is 1.34. The van der Waals surface area contributed by atoms with Crippen LogP contribution in [0.5, 0.6) is 0 Å². The maximum absolute atomic E-state index is 11.7. The predicted octanol–water partition coefficient (Wildman–Crippen LogP) is 0.448. The molecule has 0 unspecified atom stereocenters. The molecule has 2 N–H and O–H groups in total. The standard InChI is InChI=1S/C11H16N2O3/c1-7-4-5-9(10(14)12-7)11(15)13-8(2)6-16-3/h4-5,8H,6H2,1-3H3,(H,12,14)(H,13,15)/t8-/m0/s1. The molecule has 1 rings (SSSR count). The van der Waals surface area contributed by atoms with Gasteiger partial charge < -0.3 is 15.0 Å². The molecule has 88 valence electrons. The van der Waals surface area contributed by atoms with Crippen molar-refractivity contribution in [1.29, 1.82) is 0 Å². The number of rotatable bonds is 4. The summed E-state index contributed by atoms with van der Waals surface area (Å²) in [5, 5.41) is 2.67. The number of hydrogen-bond donors (Lipinski definition) is 2. The number of hydrogen-bond acceptors (Lipinski definition) is 3. The van der Waals surface area contributed by atoms with Crippen LogP contribution in [0, 0.1) is 6.92 Å². The number of aromatic amines is 1. The van der Waals surface area contributed by atoms with Crippen molar-refractivity contribution in [3.8, 4) is 0 Å². The molecule has 1 aromatic rings. The SMILES string of the molecule is COC[C@H](C)NC(=O)c1ccc(C)[nH]c1=O. The lowest BCUT2D eigenvalue weighted by Crippen LogP contribution is -2.38. The summed E-state index contributed by atoms with van der Waals surface area (Å²) in [6, 6.07) is 3.08. The number of nitrogens with one attached hydrogen (secondary N) is 2. The van der Waals surface area contributed by atoms with Crippen LogP contribution in [0.25, 0.3) is 0 Å². The fraction of sp³-hybridized carbons (Fsp3) is 0.455. The number of methoxy groups -OCH3 is 1. The molecule has 0 saturated carbocycles. The maximum Gasteiger partial charge on any atom is 0.260 e. The first-order valence-corrected chi connectivity index (χ1v) is 5.04. The highest BCUT2D eigenvalue weighted by molar-refractivity contribution is 5.93. The van der Waals surface area contributed by atoms with E-state index in [4.69, 9.17) is 4.74 Å². The average Bonchev–Trinajstić information content (AvgIpc) is 2.17. The van der Waals surface area contributed by atoms with Crippen molar-refractivity contribution in [3.63, 3.8) is 0 Å². The Kier molecular flexibility index (Phi) is 4.25. The summed E-state index contributed by atoms with van der Waals surface area (Å²) in [7, 11) is 1.56. The number of carbonyl (C=O) groups excluding carboxylic acids is 1. The first-order valence-electron chi connectivity index (χ1n) is 5.04. The number of H-pyrrole nitrogens is 1. The summed E-state index contributed by atoms with van der Waals surface area (Å²) in [6.07, 6.45) is 0. The van der Waals surface area contributed by atoms with Crippen LogP contribution < -0.4 is 10.9 Å². The van der Waals surface area contributed by atoms with Crippen molar-refractivity contribution in [2.24, 2.45) is 0 Å². The molecule has 0 aliphatic heterocycles. The maximum atomic E-state index is 11.7. The Balaban J connectivity index is 2.77. The second-order valence-electron chi connectivity index (χ2n) is 3.71. The zero-order valence-corrected chi connectivity index (χ0v) is 9.66. The third kappa shape index (κ3) is 3.20. The number of pyridine rings is 1. The molecule has 0 aliphatic rings. The Morgan fingerprint density at radius 1 is 1.56 bits per heavy atom. The van der Waals surface area contributed by atoms with E-state index in [1.807, 2.05) is 6.92 Å². The number of ether oxygens (including phenoxy) is 1. The molecule has 0 fully saturated rings. The smallest absolute Gasteiger partial charge is 0.260 e. The van der Waals surface area contributed by atoms with Gasteiger partial charge in [0.05, 0.1) is 6.61 Å². The van der Waals surface area contributed by atoms with Crippen molar-refractivity contribution in [3.05, 3.63) is 33.7 Å². The van der Waals surface area contributed by atoms with Gasteiger partial charge in [-0.15, -0.1) is 0 Å². The van der Waals surface area contributed by atoms with Crippen LogP contribution in [0.4, 0.5) is 0 Å². The Hall–Kier alpha value is -1.62. The van der Waals surface area contributed by atoms with Crippen LogP contribution in [0.1, 0.15) is 23.0 Å². The molecule has 0 bridgehead atoms. The molecule has 1 aromatic heterocycles. The summed E-state index contributed by atoms with van der Waals surface area (Å²) >= 11 is 0. The van der Waals surface area contributed by atoms with Gasteiger partial charge in [-0.2, -0.15) is 0 Å². The molecule has 1 amide bonds. The number of amides is 1. The van der Waals surface area contributed by atoms with Gasteiger partial charge in [-0.25, -0.2) is 0 Å². The molecular formula is C11H16N2O3. The first-order chi connectivity index (χ1) is 7.54. The minimum Gasteiger partial charge on any atom is -0.383 e. The monoisotopic (exact) mass is 224 g/mol. The lowest BCUT2D eigenvalue weighted by molar-refractivity contribution is 0.0904. The van der Waals surface area contributed by atoms with Gasteiger partial charge in [-0.3, -0.25) is 9.59 Å². The third-order valence-corrected chi connectivity index (χ3v) is 2.09. The second kappa shape index (κ2) is 5.46. The zero-order chi connectivity index (χ0) is 12.1. The molecule has 5 nitrogen and oxygen atoms in total. The number of aryl methyl sites for hydroxylation is 1. The highest BCUT2D eigenvalue weighted by Crippen LogP contribution is 1.94. The molecule has 0 aromatic carbocycles. The molecule has 5 heteroatoms. The fourth-order valence-corrected chi connectivity index (χ4v) is 1.34. The first kappa shape index (κ1) is 12.4. The van der Waals surface area contributed by atoms with Gasteiger partial charge in [-0.05, 0) is 26.0 Å². The average molecular weight is 224 g/mol. The largest absolute Gasteiger partial charge is 0.383 e. The van der Waals surface area contributed by atoms with Gasteiger partial charge in [0.1, 0.15) is 5.56 Å². The van der Waals surface area contributed by atoms with E-state index in [0.29, 0.717) is 6.61 Å². The lowest BCUT2D eigenvalue weighted by Gasteiger charge is -2.12. The molecule has 16 heavy (non-hydrogen) atoms. The Morgan fingerprint density at radius 3 is 2.81 bits per heavy atom. The van der Waals surface area contributed by atoms with Gasteiger partial charge in [0, 0.05) is 18.8 Å². The van der Waals surface area contributed by atoms with Crippen molar-refractivity contribution in [1.82, 2.24) is 10.3 Å². The van der Waals surface area contributed by atoms with Crippen molar-refractivity contribution in [2.75, 3.05) is 13.7 Å². The molecule has 0 saturated heterocycles. The summed E-state index contributed by atoms with van der Waals surface area (Å²) in [5.41, 5.74) is 0.474. The van der Waals surface area contributed by atoms with Crippen molar-refractivity contribution < 1.29 is 9.53 Å². The zero-order valence-electron chi connectivity index (χ0n) is 9.66. The van der Waals surface area contributed by atoms with Gasteiger partial charge >= 0.3 is 0 Å². The second-order valence-corrected chi connectivity index (χ2v) is 3.71. The van der Waals surface area contributed by atoms with E-state index in [-0.39, 0.29) is 23.1 Å². The summed E-state index contributed by atoms with van der Waals surface area (Å²) in [6.45, 7) is 3.98. The third-order valence-electron chi connectivity index (χ3n) is 2.09. The van der Waals surface area contributed by atoms with E-state index in [1.165, 1.54) is 6.07 Å². The minimum atomic E-state index is -0.384. The van der Waals surface area contributed by atoms with Gasteiger partial charge in [0.25, 0.3) is 11.5 Å². The quantitative estimate of drug-likeness (QED) is 0.780. The molecular weight excluding hydrogens is 208 g/mol. The van der Waals surface area contributed by atoms with Gasteiger partial charge in [-0.1, -0.05) is 0 Å². The predicted molar refractivity (Wildman–Crippen MR) is 60.6 cm³/mol. The summed E-state index contributed by atoms with van der Waals surface area (Å²) in [4.78, 5) is 25.7. The number of aromatic nitrogens is 1. The topological polar surface area (TPSA) is 71.2 Å². The molecule has 0 aliphatic carbocycles. The van der Waals surface area contributed by atoms with E-state index < -0.39 is 0 Å². The van der Waals surface area contributed by atoms with Gasteiger partial charge in [0.2, 0.25) is 0 Å². The summed E-state index contributed by atoms with van der Waals surface area (Å²) < 4.78 is 4.89. The molecule has 0 radical (unpaired) electrons. The van der Waals surface area contributed by atoms with Crippen molar-refractivity contribution >= 4 is 5.91 Å². The van der Waals surface area contributed by atoms with Crippen molar-refractivity contribution in [2.45, 2.75) is 19.9 Å². The molecule has 1 heterocycles. The summed E-state index contributed by atoms with van der Waals surface area (Å²) in [5.74, 6) is -0.384. The van der Waals surface area contributed by atoms with Crippen LogP contribution in [0.2, 0.25) is 0 Å². The lowest BCUT2D eigenvalue weighted by atomic mass is 10.2. The van der Waals surface area contributed by atoms with E-state index in [0.717, 1.165) is 5.69 Å². The molecule has 0 spiro atoms. The Bertz CT molecular complexity index is 425. The Labute approximate surface area is 93.8 Å².